The van der Waals surface area contributed by atoms with Gasteiger partial charge in [-0.1, -0.05) is 37.6 Å². The normalized spacial score (nSPS) is 27.8. The molecule has 0 bridgehead atoms. The number of allylic oxidation sites excluding steroid dienone is 1. The Morgan fingerprint density at radius 2 is 1.83 bits per heavy atom. The fourth-order valence-corrected chi connectivity index (χ4v) is 4.97. The van der Waals surface area contributed by atoms with Crippen LogP contribution in [0.25, 0.3) is 0 Å². The standard InChI is InChI=1S/C24H32ClNO4/c1-15-9-16(2)14-26(13-15)23(28)12-20(17-5-7-18(25)8-6-17)24-21(27)10-19(29-3)11-22(24)30-4/h5-8,10-11,15-16,20,22,24,27H,9,12-14H2,1-4H3. The first-order valence-electron chi connectivity index (χ1n) is 10.5. The first-order valence-corrected chi connectivity index (χ1v) is 10.9. The second-order valence-electron chi connectivity index (χ2n) is 8.68. The van der Waals surface area contributed by atoms with Crippen LogP contribution in [0.1, 0.15) is 38.2 Å². The fourth-order valence-electron chi connectivity index (χ4n) is 4.85. The van der Waals surface area contributed by atoms with Crippen molar-refractivity contribution in [1.29, 1.82) is 0 Å². The van der Waals surface area contributed by atoms with Crippen LogP contribution in [0.3, 0.4) is 0 Å². The number of carbonyl (C=O) groups is 1. The van der Waals surface area contributed by atoms with Crippen LogP contribution in [0.2, 0.25) is 5.02 Å². The number of hydrogen-bond acceptors (Lipinski definition) is 4. The highest BCUT2D eigenvalue weighted by atomic mass is 35.5. The number of aliphatic hydroxyl groups is 1. The molecular formula is C24H32ClNO4. The first kappa shape index (κ1) is 22.7. The average Bonchev–Trinajstić information content (AvgIpc) is 2.71. The van der Waals surface area contributed by atoms with Gasteiger partial charge in [0.2, 0.25) is 5.91 Å². The Labute approximate surface area is 184 Å². The van der Waals surface area contributed by atoms with Crippen molar-refractivity contribution in [3.8, 4) is 0 Å². The first-order chi connectivity index (χ1) is 14.3. The minimum atomic E-state index is -0.405. The van der Waals surface area contributed by atoms with Crippen LogP contribution in [0.15, 0.2) is 47.9 Å². The fraction of sp³-hybridized carbons (Fsp3) is 0.542. The number of aliphatic hydroxyl groups excluding tert-OH is 1. The molecule has 0 aromatic heterocycles. The highest BCUT2D eigenvalue weighted by molar-refractivity contribution is 6.30. The number of amides is 1. The Morgan fingerprint density at radius 1 is 1.20 bits per heavy atom. The summed E-state index contributed by atoms with van der Waals surface area (Å²) in [6.07, 6.45) is 4.49. The summed E-state index contributed by atoms with van der Waals surface area (Å²) in [5.41, 5.74) is 0.951. The van der Waals surface area contributed by atoms with Gasteiger partial charge in [0.1, 0.15) is 11.5 Å². The summed E-state index contributed by atoms with van der Waals surface area (Å²) in [6.45, 7) is 5.95. The molecule has 0 spiro atoms. The van der Waals surface area contributed by atoms with Gasteiger partial charge >= 0.3 is 0 Å². The largest absolute Gasteiger partial charge is 0.512 e. The topological polar surface area (TPSA) is 59.0 Å². The molecule has 2 aliphatic rings. The minimum Gasteiger partial charge on any atom is -0.512 e. The SMILES string of the molecule is COC1=CC(OC)C(C(CC(=O)N2CC(C)CC(C)C2)c2ccc(Cl)cc2)C(O)=C1. The van der Waals surface area contributed by atoms with E-state index in [1.165, 1.54) is 0 Å². The maximum Gasteiger partial charge on any atom is 0.223 e. The summed E-state index contributed by atoms with van der Waals surface area (Å²) in [5, 5.41) is 11.5. The van der Waals surface area contributed by atoms with E-state index in [0.717, 1.165) is 25.1 Å². The molecule has 1 aliphatic carbocycles. The molecule has 1 heterocycles. The molecule has 0 saturated carbocycles. The summed E-state index contributed by atoms with van der Waals surface area (Å²) in [4.78, 5) is 15.3. The molecule has 5 nitrogen and oxygen atoms in total. The number of ether oxygens (including phenoxy) is 2. The van der Waals surface area contributed by atoms with Crippen LogP contribution < -0.4 is 0 Å². The van der Waals surface area contributed by atoms with E-state index >= 15 is 0 Å². The van der Waals surface area contributed by atoms with Crippen molar-refractivity contribution >= 4 is 17.5 Å². The molecule has 1 saturated heterocycles. The predicted molar refractivity (Wildman–Crippen MR) is 118 cm³/mol. The van der Waals surface area contributed by atoms with Crippen LogP contribution in [-0.4, -0.2) is 49.3 Å². The van der Waals surface area contributed by atoms with Gasteiger partial charge in [0.25, 0.3) is 0 Å². The number of carbonyl (C=O) groups excluding carboxylic acids is 1. The van der Waals surface area contributed by atoms with Gasteiger partial charge in [-0.2, -0.15) is 0 Å². The third-order valence-electron chi connectivity index (χ3n) is 6.17. The third kappa shape index (κ3) is 5.19. The van der Waals surface area contributed by atoms with Crippen LogP contribution in [0, 0.1) is 17.8 Å². The second kappa shape index (κ2) is 9.88. The number of nitrogens with zero attached hydrogens (tertiary/aromatic N) is 1. The molecule has 0 radical (unpaired) electrons. The van der Waals surface area contributed by atoms with Crippen LogP contribution in [-0.2, 0) is 14.3 Å². The van der Waals surface area contributed by atoms with Gasteiger partial charge in [0.05, 0.1) is 19.1 Å². The lowest BCUT2D eigenvalue weighted by Gasteiger charge is -2.38. The second-order valence-corrected chi connectivity index (χ2v) is 9.11. The van der Waals surface area contributed by atoms with Gasteiger partial charge in [-0.15, -0.1) is 0 Å². The molecule has 1 aliphatic heterocycles. The van der Waals surface area contributed by atoms with Gasteiger partial charge in [-0.3, -0.25) is 4.79 Å². The number of hydrogen-bond donors (Lipinski definition) is 1. The van der Waals surface area contributed by atoms with Gasteiger partial charge < -0.3 is 19.5 Å². The molecular weight excluding hydrogens is 402 g/mol. The Morgan fingerprint density at radius 3 is 2.40 bits per heavy atom. The Hall–Kier alpha value is -1.98. The van der Waals surface area contributed by atoms with Gasteiger partial charge in [-0.25, -0.2) is 0 Å². The number of methoxy groups -OCH3 is 2. The number of piperidine rings is 1. The molecule has 6 heteroatoms. The van der Waals surface area contributed by atoms with Gasteiger partial charge in [-0.05, 0) is 42.0 Å². The molecule has 5 atom stereocenters. The summed E-state index contributed by atoms with van der Waals surface area (Å²) >= 11 is 6.10. The Bertz CT molecular complexity index is 794. The van der Waals surface area contributed by atoms with Gasteiger partial charge in [0, 0.05) is 43.6 Å². The number of rotatable bonds is 6. The van der Waals surface area contributed by atoms with Crippen molar-refractivity contribution in [2.24, 2.45) is 17.8 Å². The summed E-state index contributed by atoms with van der Waals surface area (Å²) < 4.78 is 11.0. The summed E-state index contributed by atoms with van der Waals surface area (Å²) in [5.74, 6) is 1.17. The maximum absolute atomic E-state index is 13.3. The van der Waals surface area contributed by atoms with E-state index in [1.807, 2.05) is 35.2 Å². The van der Waals surface area contributed by atoms with E-state index in [-0.39, 0.29) is 17.6 Å². The molecule has 30 heavy (non-hydrogen) atoms. The number of likely N-dealkylation sites (tertiary alicyclic amines) is 1. The zero-order chi connectivity index (χ0) is 21.8. The maximum atomic E-state index is 13.3. The van der Waals surface area contributed by atoms with Crippen molar-refractivity contribution in [2.45, 2.75) is 38.7 Å². The third-order valence-corrected chi connectivity index (χ3v) is 6.42. The van der Waals surface area contributed by atoms with E-state index in [0.29, 0.717) is 29.0 Å². The average molecular weight is 434 g/mol. The summed E-state index contributed by atoms with van der Waals surface area (Å²) in [6, 6.07) is 7.50. The molecule has 1 aromatic carbocycles. The van der Waals surface area contributed by atoms with E-state index in [4.69, 9.17) is 21.1 Å². The highest BCUT2D eigenvalue weighted by Gasteiger charge is 2.38. The van der Waals surface area contributed by atoms with Crippen molar-refractivity contribution in [2.75, 3.05) is 27.3 Å². The predicted octanol–water partition coefficient (Wildman–Crippen LogP) is 4.94. The van der Waals surface area contributed by atoms with Crippen molar-refractivity contribution < 1.29 is 19.4 Å². The van der Waals surface area contributed by atoms with Crippen LogP contribution in [0.5, 0.6) is 0 Å². The lowest BCUT2D eigenvalue weighted by atomic mass is 9.76. The monoisotopic (exact) mass is 433 g/mol. The number of benzene rings is 1. The number of halogens is 1. The zero-order valence-electron chi connectivity index (χ0n) is 18.2. The molecule has 164 valence electrons. The minimum absolute atomic E-state index is 0.109. The van der Waals surface area contributed by atoms with Crippen molar-refractivity contribution in [1.82, 2.24) is 4.90 Å². The molecule has 1 amide bonds. The summed E-state index contributed by atoms with van der Waals surface area (Å²) in [7, 11) is 3.16. The lowest BCUT2D eigenvalue weighted by molar-refractivity contribution is -0.134. The van der Waals surface area contributed by atoms with E-state index in [9.17, 15) is 9.90 Å². The van der Waals surface area contributed by atoms with Gasteiger partial charge in [0.15, 0.2) is 0 Å². The zero-order valence-corrected chi connectivity index (χ0v) is 18.9. The van der Waals surface area contributed by atoms with Crippen molar-refractivity contribution in [3.63, 3.8) is 0 Å². The van der Waals surface area contributed by atoms with E-state index in [2.05, 4.69) is 13.8 Å². The molecule has 1 fully saturated rings. The molecule has 1 N–H and O–H groups in total. The van der Waals surface area contributed by atoms with Crippen LogP contribution in [0.4, 0.5) is 0 Å². The molecule has 3 rings (SSSR count). The smallest absolute Gasteiger partial charge is 0.223 e. The lowest BCUT2D eigenvalue weighted by Crippen LogP contribution is -2.44. The van der Waals surface area contributed by atoms with E-state index < -0.39 is 12.0 Å². The molecule has 1 aromatic rings. The van der Waals surface area contributed by atoms with E-state index in [1.54, 1.807) is 20.3 Å². The Kier molecular flexibility index (Phi) is 7.48. The quantitative estimate of drug-likeness (QED) is 0.690. The van der Waals surface area contributed by atoms with Crippen molar-refractivity contribution in [3.05, 3.63) is 58.5 Å². The highest BCUT2D eigenvalue weighted by Crippen LogP contribution is 2.40. The van der Waals surface area contributed by atoms with Crippen LogP contribution >= 0.6 is 11.6 Å². The Balaban J connectivity index is 1.91. The molecule has 5 unspecified atom stereocenters.